The van der Waals surface area contributed by atoms with Crippen molar-refractivity contribution < 1.29 is 14.6 Å². The largest absolute Gasteiger partial charge is 0.493 e. The predicted octanol–water partition coefficient (Wildman–Crippen LogP) is 3.51. The van der Waals surface area contributed by atoms with Crippen LogP contribution in [0.5, 0.6) is 11.5 Å². The van der Waals surface area contributed by atoms with Crippen molar-refractivity contribution in [2.45, 2.75) is 25.4 Å². The molecule has 0 bridgehead atoms. The Labute approximate surface area is 125 Å². The molecule has 0 saturated heterocycles. The minimum atomic E-state index is -0.298. The summed E-state index contributed by atoms with van der Waals surface area (Å²) < 4.78 is 11.4. The molecule has 1 atom stereocenters. The molecule has 0 spiro atoms. The highest BCUT2D eigenvalue weighted by Gasteiger charge is 2.20. The monoisotopic (exact) mass is 284 g/mol. The summed E-state index contributed by atoms with van der Waals surface area (Å²) in [5.41, 5.74) is 2.26. The minimum absolute atomic E-state index is 0.298. The Bertz CT molecular complexity index is 580. The van der Waals surface area contributed by atoms with Gasteiger partial charge in [-0.1, -0.05) is 24.3 Å². The van der Waals surface area contributed by atoms with Crippen molar-refractivity contribution in [3.8, 4) is 11.5 Å². The third-order valence-electron chi connectivity index (χ3n) is 3.73. The number of benzene rings is 2. The fourth-order valence-electron chi connectivity index (χ4n) is 2.62. The number of aliphatic hydroxyl groups is 1. The molecule has 0 fully saturated rings. The van der Waals surface area contributed by atoms with Crippen LogP contribution >= 0.6 is 0 Å². The smallest absolute Gasteiger partial charge is 0.119 e. The van der Waals surface area contributed by atoms with Gasteiger partial charge in [0, 0.05) is 6.42 Å². The topological polar surface area (TPSA) is 38.7 Å². The van der Waals surface area contributed by atoms with E-state index in [1.807, 2.05) is 48.5 Å². The molecule has 0 aliphatic heterocycles. The molecule has 3 heteroatoms. The quantitative estimate of drug-likeness (QED) is 0.825. The van der Waals surface area contributed by atoms with Gasteiger partial charge in [0.2, 0.25) is 0 Å². The third-order valence-corrected chi connectivity index (χ3v) is 3.73. The van der Waals surface area contributed by atoms with Crippen molar-refractivity contribution >= 4 is 0 Å². The van der Waals surface area contributed by atoms with Crippen molar-refractivity contribution in [1.29, 1.82) is 0 Å². The van der Waals surface area contributed by atoms with Gasteiger partial charge < -0.3 is 14.6 Å². The van der Waals surface area contributed by atoms with E-state index in [1.165, 1.54) is 5.56 Å². The first-order chi connectivity index (χ1) is 10.3. The fourth-order valence-corrected chi connectivity index (χ4v) is 2.62. The van der Waals surface area contributed by atoms with Crippen LogP contribution in [0.15, 0.2) is 48.5 Å². The molecular formula is C18H20O3. The zero-order chi connectivity index (χ0) is 14.5. The van der Waals surface area contributed by atoms with E-state index in [4.69, 9.17) is 9.47 Å². The van der Waals surface area contributed by atoms with Crippen LogP contribution in [0.3, 0.4) is 0 Å². The van der Waals surface area contributed by atoms with E-state index < -0.39 is 0 Å². The maximum Gasteiger partial charge on any atom is 0.119 e. The summed E-state index contributed by atoms with van der Waals surface area (Å²) in [6, 6.07) is 15.8. The van der Waals surface area contributed by atoms with Gasteiger partial charge >= 0.3 is 0 Å². The lowest BCUT2D eigenvalue weighted by Crippen LogP contribution is -2.05. The summed E-state index contributed by atoms with van der Waals surface area (Å²) >= 11 is 0. The van der Waals surface area contributed by atoms with Gasteiger partial charge in [-0.2, -0.15) is 0 Å². The molecule has 1 aliphatic rings. The standard InChI is InChI=1S/C18H20O3/c19-18-10-7-14-13-16(8-9-17(14)18)21-12-4-11-20-15-5-2-1-3-6-15/h1-3,5-6,8-9,13,18-19H,4,7,10-12H2. The number of rotatable bonds is 6. The van der Waals surface area contributed by atoms with Crippen molar-refractivity contribution in [1.82, 2.24) is 0 Å². The maximum absolute atomic E-state index is 9.77. The summed E-state index contributed by atoms with van der Waals surface area (Å²) in [4.78, 5) is 0. The Morgan fingerprint density at radius 2 is 1.71 bits per heavy atom. The van der Waals surface area contributed by atoms with Crippen LogP contribution in [0, 0.1) is 0 Å². The van der Waals surface area contributed by atoms with Gasteiger partial charge in [0.15, 0.2) is 0 Å². The number of aryl methyl sites for hydroxylation is 1. The van der Waals surface area contributed by atoms with Crippen LogP contribution in [-0.4, -0.2) is 18.3 Å². The van der Waals surface area contributed by atoms with E-state index in [2.05, 4.69) is 0 Å². The van der Waals surface area contributed by atoms with Gasteiger partial charge in [-0.25, -0.2) is 0 Å². The number of hydrogen-bond donors (Lipinski definition) is 1. The van der Waals surface area contributed by atoms with Crippen LogP contribution in [0.25, 0.3) is 0 Å². The number of ether oxygens (including phenoxy) is 2. The van der Waals surface area contributed by atoms with Crippen LogP contribution in [0.2, 0.25) is 0 Å². The first-order valence-corrected chi connectivity index (χ1v) is 7.44. The zero-order valence-electron chi connectivity index (χ0n) is 12.0. The van der Waals surface area contributed by atoms with Crippen LogP contribution < -0.4 is 9.47 Å². The van der Waals surface area contributed by atoms with E-state index in [0.717, 1.165) is 36.3 Å². The molecule has 1 aliphatic carbocycles. The van der Waals surface area contributed by atoms with Crippen LogP contribution in [0.4, 0.5) is 0 Å². The van der Waals surface area contributed by atoms with E-state index in [0.29, 0.717) is 13.2 Å². The third kappa shape index (κ3) is 3.56. The first-order valence-electron chi connectivity index (χ1n) is 7.44. The van der Waals surface area contributed by atoms with Gasteiger partial charge in [0.05, 0.1) is 19.3 Å². The highest BCUT2D eigenvalue weighted by Crippen LogP contribution is 2.33. The second-order valence-corrected chi connectivity index (χ2v) is 5.28. The second kappa shape index (κ2) is 6.64. The van der Waals surface area contributed by atoms with Crippen molar-refractivity contribution in [2.24, 2.45) is 0 Å². The summed E-state index contributed by atoms with van der Waals surface area (Å²) in [6.07, 6.45) is 2.30. The molecule has 0 heterocycles. The molecule has 3 rings (SSSR count). The maximum atomic E-state index is 9.77. The molecular weight excluding hydrogens is 264 g/mol. The zero-order valence-corrected chi connectivity index (χ0v) is 12.0. The molecule has 3 nitrogen and oxygen atoms in total. The van der Waals surface area contributed by atoms with Crippen molar-refractivity contribution in [2.75, 3.05) is 13.2 Å². The molecule has 1 N–H and O–H groups in total. The lowest BCUT2D eigenvalue weighted by molar-refractivity contribution is 0.180. The molecule has 0 aromatic heterocycles. The fraction of sp³-hybridized carbons (Fsp3) is 0.333. The Morgan fingerprint density at radius 3 is 2.52 bits per heavy atom. The SMILES string of the molecule is OC1CCc2cc(OCCCOc3ccccc3)ccc21. The lowest BCUT2D eigenvalue weighted by atomic mass is 10.1. The minimum Gasteiger partial charge on any atom is -0.493 e. The average Bonchev–Trinajstić information content (AvgIpc) is 2.89. The summed E-state index contributed by atoms with van der Waals surface area (Å²) in [7, 11) is 0. The molecule has 0 radical (unpaired) electrons. The average molecular weight is 284 g/mol. The molecule has 110 valence electrons. The Morgan fingerprint density at radius 1 is 0.952 bits per heavy atom. The van der Waals surface area contributed by atoms with Gasteiger partial charge in [-0.15, -0.1) is 0 Å². The van der Waals surface area contributed by atoms with Gasteiger partial charge in [0.25, 0.3) is 0 Å². The van der Waals surface area contributed by atoms with Gasteiger partial charge in [-0.05, 0) is 48.2 Å². The predicted molar refractivity (Wildman–Crippen MR) is 81.8 cm³/mol. The van der Waals surface area contributed by atoms with Gasteiger partial charge in [-0.3, -0.25) is 0 Å². The summed E-state index contributed by atoms with van der Waals surface area (Å²) in [5, 5.41) is 9.77. The number of fused-ring (bicyclic) bond motifs is 1. The summed E-state index contributed by atoms with van der Waals surface area (Å²) in [5.74, 6) is 1.77. The van der Waals surface area contributed by atoms with Crippen LogP contribution in [0.1, 0.15) is 30.1 Å². The van der Waals surface area contributed by atoms with Crippen LogP contribution in [-0.2, 0) is 6.42 Å². The Balaban J connectivity index is 1.42. The molecule has 2 aromatic rings. The van der Waals surface area contributed by atoms with E-state index in [9.17, 15) is 5.11 Å². The number of hydrogen-bond acceptors (Lipinski definition) is 3. The van der Waals surface area contributed by atoms with E-state index >= 15 is 0 Å². The summed E-state index contributed by atoms with van der Waals surface area (Å²) in [6.45, 7) is 1.28. The molecule has 0 amide bonds. The molecule has 2 aromatic carbocycles. The Hall–Kier alpha value is -2.00. The van der Waals surface area contributed by atoms with Crippen molar-refractivity contribution in [3.05, 3.63) is 59.7 Å². The van der Waals surface area contributed by atoms with Crippen molar-refractivity contribution in [3.63, 3.8) is 0 Å². The van der Waals surface area contributed by atoms with E-state index in [1.54, 1.807) is 0 Å². The highest BCUT2D eigenvalue weighted by molar-refractivity contribution is 5.39. The normalized spacial score (nSPS) is 16.5. The number of aliphatic hydroxyl groups excluding tert-OH is 1. The second-order valence-electron chi connectivity index (χ2n) is 5.28. The lowest BCUT2D eigenvalue weighted by Gasteiger charge is -2.10. The molecule has 21 heavy (non-hydrogen) atoms. The highest BCUT2D eigenvalue weighted by atomic mass is 16.5. The van der Waals surface area contributed by atoms with E-state index in [-0.39, 0.29) is 6.10 Å². The number of para-hydroxylation sites is 1. The Kier molecular flexibility index (Phi) is 4.41. The molecule has 0 saturated carbocycles. The van der Waals surface area contributed by atoms with Gasteiger partial charge in [0.1, 0.15) is 11.5 Å². The molecule has 1 unspecified atom stereocenters. The first kappa shape index (κ1) is 14.0.